The van der Waals surface area contributed by atoms with E-state index >= 15 is 0 Å². The summed E-state index contributed by atoms with van der Waals surface area (Å²) in [5.41, 5.74) is 0.109. The highest BCUT2D eigenvalue weighted by Gasteiger charge is 2.35. The predicted octanol–water partition coefficient (Wildman–Crippen LogP) is 1.25. The maximum absolute atomic E-state index is 12.4. The second-order valence-electron chi connectivity index (χ2n) is 6.29. The molecule has 1 atom stereocenters. The lowest BCUT2D eigenvalue weighted by molar-refractivity contribution is 0.153. The third-order valence-corrected chi connectivity index (χ3v) is 6.19. The van der Waals surface area contributed by atoms with Crippen LogP contribution in [0, 0.1) is 5.41 Å². The number of aliphatic hydroxyl groups excluding tert-OH is 1. The van der Waals surface area contributed by atoms with E-state index in [4.69, 9.17) is 0 Å². The third kappa shape index (κ3) is 3.68. The summed E-state index contributed by atoms with van der Waals surface area (Å²) in [5, 5.41) is 9.32. The monoisotopic (exact) mass is 290 g/mol. The normalized spacial score (nSPS) is 28.6. The lowest BCUT2D eigenvalue weighted by Crippen LogP contribution is -2.51. The Morgan fingerprint density at radius 2 is 1.95 bits per heavy atom. The summed E-state index contributed by atoms with van der Waals surface area (Å²) >= 11 is 0. The van der Waals surface area contributed by atoms with Crippen molar-refractivity contribution in [2.75, 3.05) is 19.7 Å². The van der Waals surface area contributed by atoms with Gasteiger partial charge >= 0.3 is 0 Å². The summed E-state index contributed by atoms with van der Waals surface area (Å²) in [6.07, 6.45) is 7.22. The summed E-state index contributed by atoms with van der Waals surface area (Å²) in [5.74, 6) is 0. The van der Waals surface area contributed by atoms with Gasteiger partial charge in [0.25, 0.3) is 10.2 Å². The number of nitrogens with one attached hydrogen (secondary N) is 1. The van der Waals surface area contributed by atoms with E-state index in [-0.39, 0.29) is 18.1 Å². The van der Waals surface area contributed by atoms with Crippen molar-refractivity contribution in [1.82, 2.24) is 9.03 Å². The van der Waals surface area contributed by atoms with Gasteiger partial charge in [0.05, 0.1) is 6.61 Å². The fourth-order valence-electron chi connectivity index (χ4n) is 3.23. The van der Waals surface area contributed by atoms with Crippen molar-refractivity contribution in [1.29, 1.82) is 0 Å². The van der Waals surface area contributed by atoms with Crippen molar-refractivity contribution in [3.05, 3.63) is 0 Å². The van der Waals surface area contributed by atoms with Gasteiger partial charge < -0.3 is 5.11 Å². The first-order chi connectivity index (χ1) is 8.97. The fraction of sp³-hybridized carbons (Fsp3) is 1.00. The number of hydrogen-bond acceptors (Lipinski definition) is 3. The first-order valence-corrected chi connectivity index (χ1v) is 8.78. The maximum Gasteiger partial charge on any atom is 0.279 e. The molecule has 2 aliphatic rings. The lowest BCUT2D eigenvalue weighted by atomic mass is 9.89. The predicted molar refractivity (Wildman–Crippen MR) is 74.9 cm³/mol. The highest BCUT2D eigenvalue weighted by atomic mass is 32.2. The zero-order valence-corrected chi connectivity index (χ0v) is 12.6. The van der Waals surface area contributed by atoms with Crippen LogP contribution in [-0.2, 0) is 10.2 Å². The van der Waals surface area contributed by atoms with Crippen LogP contribution in [0.25, 0.3) is 0 Å². The minimum absolute atomic E-state index is 0.0851. The van der Waals surface area contributed by atoms with Crippen LogP contribution in [0.1, 0.15) is 51.9 Å². The molecule has 1 saturated heterocycles. The zero-order chi connectivity index (χ0) is 13.9. The first-order valence-electron chi connectivity index (χ1n) is 7.34. The summed E-state index contributed by atoms with van der Waals surface area (Å²) in [6.45, 7) is 3.11. The number of rotatable bonds is 5. The first kappa shape index (κ1) is 15.2. The average molecular weight is 290 g/mol. The van der Waals surface area contributed by atoms with Crippen molar-refractivity contribution >= 4 is 10.2 Å². The zero-order valence-electron chi connectivity index (χ0n) is 11.8. The van der Waals surface area contributed by atoms with Gasteiger partial charge in [0, 0.05) is 19.1 Å². The quantitative estimate of drug-likeness (QED) is 0.800. The van der Waals surface area contributed by atoms with Gasteiger partial charge in [-0.25, -0.2) is 4.72 Å². The molecule has 1 heterocycles. The molecule has 6 heteroatoms. The maximum atomic E-state index is 12.4. The molecular weight excluding hydrogens is 264 g/mol. The van der Waals surface area contributed by atoms with E-state index in [9.17, 15) is 13.5 Å². The van der Waals surface area contributed by atoms with Crippen LogP contribution in [-0.4, -0.2) is 43.6 Å². The van der Waals surface area contributed by atoms with Gasteiger partial charge in [-0.1, -0.05) is 26.2 Å². The van der Waals surface area contributed by atoms with Crippen LogP contribution in [0.15, 0.2) is 0 Å². The van der Waals surface area contributed by atoms with Crippen molar-refractivity contribution < 1.29 is 13.5 Å². The molecule has 5 nitrogen and oxygen atoms in total. The Morgan fingerprint density at radius 3 is 2.58 bits per heavy atom. The third-order valence-electron chi connectivity index (χ3n) is 4.58. The van der Waals surface area contributed by atoms with Crippen molar-refractivity contribution in [3.8, 4) is 0 Å². The summed E-state index contributed by atoms with van der Waals surface area (Å²) in [4.78, 5) is 0. The van der Waals surface area contributed by atoms with Crippen LogP contribution >= 0.6 is 0 Å². The van der Waals surface area contributed by atoms with Crippen molar-refractivity contribution in [2.24, 2.45) is 5.41 Å². The molecule has 1 aliphatic heterocycles. The van der Waals surface area contributed by atoms with Gasteiger partial charge in [-0.15, -0.1) is 0 Å². The van der Waals surface area contributed by atoms with E-state index in [1.165, 1.54) is 17.1 Å². The van der Waals surface area contributed by atoms with Gasteiger partial charge in [-0.2, -0.15) is 12.7 Å². The molecule has 0 spiro atoms. The summed E-state index contributed by atoms with van der Waals surface area (Å²) < 4.78 is 28.9. The highest BCUT2D eigenvalue weighted by Crippen LogP contribution is 2.37. The fourth-order valence-corrected chi connectivity index (χ4v) is 4.86. The van der Waals surface area contributed by atoms with E-state index in [0.29, 0.717) is 13.1 Å². The number of hydrogen-bond donors (Lipinski definition) is 2. The van der Waals surface area contributed by atoms with Gasteiger partial charge in [-0.3, -0.25) is 0 Å². The molecule has 112 valence electrons. The molecular formula is C13H26N2O3S. The van der Waals surface area contributed by atoms with Gasteiger partial charge in [-0.05, 0) is 31.1 Å². The van der Waals surface area contributed by atoms with Crippen LogP contribution in [0.5, 0.6) is 0 Å². The standard InChI is InChI=1S/C13H26N2O3S/c1-13(7-3-4-8-13)11-14-19(17,18)15-9-5-2-6-12(15)10-16/h12,14,16H,2-11H2,1H3. The smallest absolute Gasteiger partial charge is 0.279 e. The molecule has 0 aromatic rings. The van der Waals surface area contributed by atoms with Gasteiger partial charge in [0.2, 0.25) is 0 Å². The molecule has 19 heavy (non-hydrogen) atoms. The molecule has 0 amide bonds. The van der Waals surface area contributed by atoms with Crippen molar-refractivity contribution in [3.63, 3.8) is 0 Å². The Kier molecular flexibility index (Phi) is 4.87. The second-order valence-corrected chi connectivity index (χ2v) is 7.99. The Hall–Kier alpha value is -0.170. The SMILES string of the molecule is CC1(CNS(=O)(=O)N2CCCCC2CO)CCCC1. The Bertz CT molecular complexity index is 391. The van der Waals surface area contributed by atoms with E-state index in [2.05, 4.69) is 11.6 Å². The van der Waals surface area contributed by atoms with Crippen LogP contribution < -0.4 is 4.72 Å². The molecule has 2 N–H and O–H groups in total. The minimum atomic E-state index is -3.45. The van der Waals surface area contributed by atoms with E-state index in [1.807, 2.05) is 0 Å². The van der Waals surface area contributed by atoms with Crippen molar-refractivity contribution in [2.45, 2.75) is 57.9 Å². The largest absolute Gasteiger partial charge is 0.395 e. The molecule has 1 unspecified atom stereocenters. The second kappa shape index (κ2) is 6.08. The molecule has 1 aliphatic carbocycles. The number of piperidine rings is 1. The minimum Gasteiger partial charge on any atom is -0.395 e. The van der Waals surface area contributed by atoms with Gasteiger partial charge in [0.1, 0.15) is 0 Å². The Balaban J connectivity index is 1.96. The molecule has 2 fully saturated rings. The molecule has 0 radical (unpaired) electrons. The summed E-state index contributed by atoms with van der Waals surface area (Å²) in [6, 6.07) is -0.248. The van der Waals surface area contributed by atoms with E-state index in [0.717, 1.165) is 32.1 Å². The summed E-state index contributed by atoms with van der Waals surface area (Å²) in [7, 11) is -3.45. The van der Waals surface area contributed by atoms with Crippen LogP contribution in [0.4, 0.5) is 0 Å². The molecule has 1 saturated carbocycles. The topological polar surface area (TPSA) is 69.6 Å². The number of aliphatic hydroxyl groups is 1. The van der Waals surface area contributed by atoms with Crippen LogP contribution in [0.3, 0.4) is 0 Å². The highest BCUT2D eigenvalue weighted by molar-refractivity contribution is 7.87. The molecule has 2 rings (SSSR count). The Morgan fingerprint density at radius 1 is 1.26 bits per heavy atom. The van der Waals surface area contributed by atoms with E-state index in [1.54, 1.807) is 0 Å². The average Bonchev–Trinajstić information content (AvgIpc) is 2.84. The van der Waals surface area contributed by atoms with E-state index < -0.39 is 10.2 Å². The lowest BCUT2D eigenvalue weighted by Gasteiger charge is -2.34. The Labute approximate surface area is 116 Å². The molecule has 0 aromatic heterocycles. The number of nitrogens with zero attached hydrogens (tertiary/aromatic N) is 1. The molecule has 0 aromatic carbocycles. The van der Waals surface area contributed by atoms with Crippen LogP contribution in [0.2, 0.25) is 0 Å². The molecule has 0 bridgehead atoms. The van der Waals surface area contributed by atoms with Gasteiger partial charge in [0.15, 0.2) is 0 Å².